The minimum absolute atomic E-state index is 0.0973. The Kier molecular flexibility index (Phi) is 4.86. The van der Waals surface area contributed by atoms with E-state index in [1.165, 1.54) is 14.2 Å². The number of carboxylic acid groups (broad SMARTS) is 1. The molecule has 0 aromatic carbocycles. The van der Waals surface area contributed by atoms with Crippen LogP contribution in [0.15, 0.2) is 0 Å². The van der Waals surface area contributed by atoms with Crippen LogP contribution in [0.5, 0.6) is 11.8 Å². The number of thiazole rings is 1. The van der Waals surface area contributed by atoms with Gasteiger partial charge >= 0.3 is 5.97 Å². The van der Waals surface area contributed by atoms with Crippen LogP contribution in [0.2, 0.25) is 0 Å². The van der Waals surface area contributed by atoms with Gasteiger partial charge in [0.25, 0.3) is 11.8 Å². The van der Waals surface area contributed by atoms with Gasteiger partial charge in [0.2, 0.25) is 0 Å². The molecule has 0 aliphatic heterocycles. The molecule has 2 aromatic rings. The lowest BCUT2D eigenvalue weighted by molar-refractivity contribution is -0.141. The zero-order valence-electron chi connectivity index (χ0n) is 12.3. The highest BCUT2D eigenvalue weighted by molar-refractivity contribution is 7.19. The first-order valence-electron chi connectivity index (χ1n) is 6.52. The van der Waals surface area contributed by atoms with Gasteiger partial charge in [-0.2, -0.15) is 9.97 Å². The number of nitrogens with zero attached hydrogens (tertiary/aromatic N) is 3. The third kappa shape index (κ3) is 3.14. The lowest BCUT2D eigenvalue weighted by atomic mass is 10.0. The number of carbonyl (C=O) groups is 2. The summed E-state index contributed by atoms with van der Waals surface area (Å²) in [7, 11) is 2.86. The van der Waals surface area contributed by atoms with Crippen molar-refractivity contribution in [2.75, 3.05) is 14.2 Å². The smallest absolute Gasteiger partial charge is 0.306 e. The normalized spacial score (nSPS) is 12.1. The van der Waals surface area contributed by atoms with Gasteiger partial charge in [-0.3, -0.25) is 9.59 Å². The number of fused-ring (bicyclic) bond motifs is 1. The van der Waals surface area contributed by atoms with Gasteiger partial charge in [0, 0.05) is 6.42 Å². The van der Waals surface area contributed by atoms with E-state index in [0.717, 1.165) is 11.3 Å². The van der Waals surface area contributed by atoms with E-state index in [0.29, 0.717) is 11.3 Å². The van der Waals surface area contributed by atoms with Gasteiger partial charge in [-0.1, -0.05) is 18.3 Å². The second kappa shape index (κ2) is 6.65. The molecular formula is C13H15N3O5S. The molecule has 1 N–H and O–H groups in total. The highest BCUT2D eigenvalue weighted by atomic mass is 32.1. The first kappa shape index (κ1) is 16.1. The summed E-state index contributed by atoms with van der Waals surface area (Å²) in [5.74, 6) is -1.66. The van der Waals surface area contributed by atoms with Gasteiger partial charge in [-0.15, -0.1) is 0 Å². The zero-order valence-corrected chi connectivity index (χ0v) is 13.1. The van der Waals surface area contributed by atoms with E-state index in [4.69, 9.17) is 14.6 Å². The predicted molar refractivity (Wildman–Crippen MR) is 78.7 cm³/mol. The second-order valence-electron chi connectivity index (χ2n) is 4.46. The van der Waals surface area contributed by atoms with Gasteiger partial charge in [-0.25, -0.2) is 4.98 Å². The molecular weight excluding hydrogens is 310 g/mol. The molecule has 1 unspecified atom stereocenters. The molecule has 2 rings (SSSR count). The van der Waals surface area contributed by atoms with E-state index < -0.39 is 11.9 Å². The van der Waals surface area contributed by atoms with Gasteiger partial charge in [0.1, 0.15) is 0 Å². The third-order valence-electron chi connectivity index (χ3n) is 3.08. The average molecular weight is 325 g/mol. The highest BCUT2D eigenvalue weighted by Gasteiger charge is 2.23. The van der Waals surface area contributed by atoms with Crippen LogP contribution in [-0.2, 0) is 4.79 Å². The first-order chi connectivity index (χ1) is 10.5. The summed E-state index contributed by atoms with van der Waals surface area (Å²) in [6, 6.07) is 0. The van der Waals surface area contributed by atoms with Gasteiger partial charge in [0.15, 0.2) is 21.3 Å². The largest absolute Gasteiger partial charge is 0.481 e. The van der Waals surface area contributed by atoms with E-state index in [1.54, 1.807) is 6.92 Å². The molecule has 2 aromatic heterocycles. The third-order valence-corrected chi connectivity index (χ3v) is 4.06. The maximum absolute atomic E-state index is 12.2. The highest BCUT2D eigenvalue weighted by Crippen LogP contribution is 2.29. The lowest BCUT2D eigenvalue weighted by Crippen LogP contribution is -2.17. The van der Waals surface area contributed by atoms with Crippen molar-refractivity contribution in [3.63, 3.8) is 0 Å². The van der Waals surface area contributed by atoms with Crippen LogP contribution in [0.25, 0.3) is 10.5 Å². The molecule has 9 heteroatoms. The molecule has 0 aliphatic carbocycles. The summed E-state index contributed by atoms with van der Waals surface area (Å²) in [6.07, 6.45) is 0.282. The molecule has 0 bridgehead atoms. The van der Waals surface area contributed by atoms with Crippen LogP contribution in [0.3, 0.4) is 0 Å². The maximum Gasteiger partial charge on any atom is 0.306 e. The summed E-state index contributed by atoms with van der Waals surface area (Å²) >= 11 is 1.06. The number of carboxylic acids is 1. The molecule has 0 amide bonds. The minimum atomic E-state index is -0.989. The summed E-state index contributed by atoms with van der Waals surface area (Å²) in [5.41, 5.74) is 0.273. The fourth-order valence-electron chi connectivity index (χ4n) is 1.84. The average Bonchev–Trinajstić information content (AvgIpc) is 2.93. The van der Waals surface area contributed by atoms with Crippen molar-refractivity contribution in [2.45, 2.75) is 19.8 Å². The van der Waals surface area contributed by atoms with Crippen LogP contribution in [0.1, 0.15) is 29.6 Å². The molecule has 2 heterocycles. The molecule has 0 saturated carbocycles. The standard InChI is InChI=1S/C13H15N3O5S/c1-4-6(13(18)19)5-7(17)11-15-8-12(22-11)16-10(21-3)9(14-8)20-2/h6H,4-5H2,1-3H3,(H,18,19). The molecule has 0 spiro atoms. The Morgan fingerprint density at radius 2 is 1.82 bits per heavy atom. The number of Topliss-reactive ketones (excluding diaryl/α,β-unsaturated/α-hetero) is 1. The summed E-state index contributed by atoms with van der Waals surface area (Å²) in [6.45, 7) is 1.73. The van der Waals surface area contributed by atoms with E-state index in [1.807, 2.05) is 0 Å². The molecule has 1 atom stereocenters. The Hall–Kier alpha value is -2.29. The Bertz CT molecular complexity index is 674. The fourth-order valence-corrected chi connectivity index (χ4v) is 2.66. The van der Waals surface area contributed by atoms with Crippen LogP contribution < -0.4 is 9.47 Å². The lowest BCUT2D eigenvalue weighted by Gasteiger charge is -2.06. The van der Waals surface area contributed by atoms with E-state index in [-0.39, 0.29) is 34.6 Å². The molecule has 0 saturated heterocycles. The molecule has 118 valence electrons. The molecule has 8 nitrogen and oxygen atoms in total. The van der Waals surface area contributed by atoms with Crippen LogP contribution in [-0.4, -0.2) is 46.0 Å². The van der Waals surface area contributed by atoms with Gasteiger partial charge in [0.05, 0.1) is 20.1 Å². The molecule has 0 aliphatic rings. The van der Waals surface area contributed by atoms with E-state index in [2.05, 4.69) is 15.0 Å². The van der Waals surface area contributed by atoms with Crippen molar-refractivity contribution in [1.29, 1.82) is 0 Å². The Balaban J connectivity index is 2.32. The Morgan fingerprint density at radius 1 is 1.18 bits per heavy atom. The number of rotatable bonds is 7. The number of aliphatic carboxylic acids is 1. The summed E-state index contributed by atoms with van der Waals surface area (Å²) in [5, 5.41) is 9.20. The zero-order chi connectivity index (χ0) is 16.3. The first-order valence-corrected chi connectivity index (χ1v) is 7.34. The fraction of sp³-hybridized carbons (Fsp3) is 0.462. The quantitative estimate of drug-likeness (QED) is 0.767. The molecule has 0 radical (unpaired) electrons. The van der Waals surface area contributed by atoms with Crippen LogP contribution in [0.4, 0.5) is 0 Å². The Morgan fingerprint density at radius 3 is 2.36 bits per heavy atom. The number of hydrogen-bond donors (Lipinski definition) is 1. The summed E-state index contributed by atoms with van der Waals surface area (Å²) in [4.78, 5) is 36.0. The number of ketones is 1. The SMILES string of the molecule is CCC(CC(=O)c1nc2nc(OC)c(OC)nc2s1)C(=O)O. The number of hydrogen-bond acceptors (Lipinski definition) is 8. The second-order valence-corrected chi connectivity index (χ2v) is 5.44. The maximum atomic E-state index is 12.2. The van der Waals surface area contributed by atoms with E-state index >= 15 is 0 Å². The molecule has 0 fully saturated rings. The number of ether oxygens (including phenoxy) is 2. The monoisotopic (exact) mass is 325 g/mol. The topological polar surface area (TPSA) is 112 Å². The van der Waals surface area contributed by atoms with Crippen molar-refractivity contribution in [2.24, 2.45) is 5.92 Å². The van der Waals surface area contributed by atoms with Crippen molar-refractivity contribution in [1.82, 2.24) is 15.0 Å². The van der Waals surface area contributed by atoms with Gasteiger partial charge in [-0.05, 0) is 6.42 Å². The van der Waals surface area contributed by atoms with Crippen LogP contribution in [0, 0.1) is 5.92 Å². The number of aromatic nitrogens is 3. The predicted octanol–water partition coefficient (Wildman–Crippen LogP) is 1.79. The van der Waals surface area contributed by atoms with E-state index in [9.17, 15) is 9.59 Å². The van der Waals surface area contributed by atoms with Crippen molar-refractivity contribution in [3.8, 4) is 11.8 Å². The van der Waals surface area contributed by atoms with Crippen molar-refractivity contribution in [3.05, 3.63) is 5.01 Å². The number of methoxy groups -OCH3 is 2. The number of carbonyl (C=O) groups excluding carboxylic acids is 1. The summed E-state index contributed by atoms with van der Waals surface area (Å²) < 4.78 is 10.1. The van der Waals surface area contributed by atoms with Crippen LogP contribution >= 0.6 is 11.3 Å². The Labute approximate surface area is 130 Å². The van der Waals surface area contributed by atoms with Gasteiger partial charge < -0.3 is 14.6 Å². The minimum Gasteiger partial charge on any atom is -0.481 e. The van der Waals surface area contributed by atoms with Crippen molar-refractivity contribution < 1.29 is 24.2 Å². The molecule has 22 heavy (non-hydrogen) atoms. The van der Waals surface area contributed by atoms with Crippen molar-refractivity contribution >= 4 is 33.6 Å².